The zero-order valence-corrected chi connectivity index (χ0v) is 14.2. The maximum atomic E-state index is 12.2. The van der Waals surface area contributed by atoms with Gasteiger partial charge in [0.05, 0.1) is 5.29 Å². The molecule has 4 aliphatic carbocycles. The smallest absolute Gasteiger partial charge is 0.315 e. The molecule has 0 unspecified atom stereocenters. The summed E-state index contributed by atoms with van der Waals surface area (Å²) >= 11 is 0. The average Bonchev–Trinajstić information content (AvgIpc) is 2.49. The Labute approximate surface area is 142 Å². The van der Waals surface area contributed by atoms with Crippen molar-refractivity contribution in [3.05, 3.63) is 4.91 Å². The molecular formula is C17H28N4O3. The van der Waals surface area contributed by atoms with Crippen molar-refractivity contribution in [2.24, 2.45) is 23.0 Å². The van der Waals surface area contributed by atoms with Gasteiger partial charge in [0, 0.05) is 18.5 Å². The molecule has 0 aromatic rings. The molecule has 7 heteroatoms. The molecule has 3 amide bonds. The maximum Gasteiger partial charge on any atom is 0.315 e. The molecule has 7 nitrogen and oxygen atoms in total. The third-order valence-electron chi connectivity index (χ3n) is 5.95. The number of unbranched alkanes of at least 4 members (excludes halogenated alkanes) is 2. The molecule has 0 aromatic heterocycles. The van der Waals surface area contributed by atoms with E-state index in [1.54, 1.807) is 0 Å². The Morgan fingerprint density at radius 2 is 1.58 bits per heavy atom. The molecule has 0 spiro atoms. The van der Waals surface area contributed by atoms with E-state index in [4.69, 9.17) is 0 Å². The van der Waals surface area contributed by atoms with E-state index in [0.717, 1.165) is 49.9 Å². The highest BCUT2D eigenvalue weighted by atomic mass is 16.3. The first-order valence-corrected chi connectivity index (χ1v) is 9.26. The van der Waals surface area contributed by atoms with Crippen LogP contribution in [0.2, 0.25) is 0 Å². The molecule has 4 bridgehead atoms. The molecule has 4 rings (SSSR count). The highest BCUT2D eigenvalue weighted by Gasteiger charge is 2.51. The van der Waals surface area contributed by atoms with Crippen molar-refractivity contribution >= 4 is 11.9 Å². The fourth-order valence-electron chi connectivity index (χ4n) is 5.44. The number of carbonyl (C=O) groups is 2. The van der Waals surface area contributed by atoms with Gasteiger partial charge in [0.25, 0.3) is 0 Å². The van der Waals surface area contributed by atoms with Gasteiger partial charge in [-0.05, 0) is 69.1 Å². The Balaban J connectivity index is 1.31. The van der Waals surface area contributed by atoms with E-state index in [9.17, 15) is 14.5 Å². The van der Waals surface area contributed by atoms with Gasteiger partial charge >= 0.3 is 6.03 Å². The van der Waals surface area contributed by atoms with Crippen LogP contribution in [0.15, 0.2) is 5.29 Å². The molecule has 3 N–H and O–H groups in total. The van der Waals surface area contributed by atoms with E-state index in [2.05, 4.69) is 15.9 Å². The summed E-state index contributed by atoms with van der Waals surface area (Å²) in [6, 6.07) is -0.0418. The zero-order chi connectivity index (χ0) is 17.0. The summed E-state index contributed by atoms with van der Waals surface area (Å²) in [6.07, 6.45) is 10.2. The molecule has 0 radical (unpaired) electrons. The summed E-state index contributed by atoms with van der Waals surface area (Å²) in [5.74, 6) is 2.12. The molecule has 4 fully saturated rings. The van der Waals surface area contributed by atoms with Crippen molar-refractivity contribution < 1.29 is 9.59 Å². The Bertz CT molecular complexity index is 459. The first-order valence-electron chi connectivity index (χ1n) is 9.26. The summed E-state index contributed by atoms with van der Waals surface area (Å²) in [4.78, 5) is 33.1. The number of nitroso groups, excluding NO2 is 1. The monoisotopic (exact) mass is 336 g/mol. The quantitative estimate of drug-likeness (QED) is 0.361. The van der Waals surface area contributed by atoms with Crippen molar-refractivity contribution in [3.8, 4) is 0 Å². The van der Waals surface area contributed by atoms with Crippen LogP contribution in [0.3, 0.4) is 0 Å². The van der Waals surface area contributed by atoms with Crippen molar-refractivity contribution in [2.45, 2.75) is 69.7 Å². The van der Waals surface area contributed by atoms with E-state index in [0.29, 0.717) is 19.4 Å². The van der Waals surface area contributed by atoms with Gasteiger partial charge in [-0.25, -0.2) is 10.2 Å². The summed E-state index contributed by atoms with van der Waals surface area (Å²) in [7, 11) is 0. The lowest BCUT2D eigenvalue weighted by Gasteiger charge is -2.56. The van der Waals surface area contributed by atoms with Crippen LogP contribution in [0.1, 0.15) is 64.2 Å². The van der Waals surface area contributed by atoms with E-state index in [1.807, 2.05) is 5.43 Å². The predicted molar refractivity (Wildman–Crippen MR) is 89.8 cm³/mol. The topological polar surface area (TPSA) is 99.7 Å². The second-order valence-electron chi connectivity index (χ2n) is 8.02. The van der Waals surface area contributed by atoms with Crippen LogP contribution in [0.25, 0.3) is 0 Å². The number of rotatable bonds is 8. The van der Waals surface area contributed by atoms with Gasteiger partial charge in [-0.1, -0.05) is 6.42 Å². The van der Waals surface area contributed by atoms with E-state index in [1.165, 1.54) is 19.3 Å². The van der Waals surface area contributed by atoms with Gasteiger partial charge in [-0.15, -0.1) is 4.91 Å². The summed E-state index contributed by atoms with van der Waals surface area (Å²) in [6.45, 7) is 0.617. The Kier molecular flexibility index (Phi) is 5.36. The van der Waals surface area contributed by atoms with E-state index in [-0.39, 0.29) is 17.5 Å². The largest absolute Gasteiger partial charge is 0.338 e. The van der Waals surface area contributed by atoms with Crippen molar-refractivity contribution in [3.63, 3.8) is 0 Å². The average molecular weight is 336 g/mol. The highest BCUT2D eigenvalue weighted by Crippen LogP contribution is 2.55. The van der Waals surface area contributed by atoms with Gasteiger partial charge < -0.3 is 10.6 Å². The highest BCUT2D eigenvalue weighted by molar-refractivity contribution is 5.75. The molecular weight excluding hydrogens is 308 g/mol. The minimum Gasteiger partial charge on any atom is -0.338 e. The number of hydrogen-bond acceptors (Lipinski definition) is 4. The Morgan fingerprint density at radius 3 is 2.17 bits per heavy atom. The van der Waals surface area contributed by atoms with Gasteiger partial charge in [-0.3, -0.25) is 4.79 Å². The Morgan fingerprint density at radius 1 is 0.958 bits per heavy atom. The third-order valence-corrected chi connectivity index (χ3v) is 5.95. The number of hydrogen-bond donors (Lipinski definition) is 3. The summed E-state index contributed by atoms with van der Waals surface area (Å²) in [5.41, 5.74) is 1.93. The third kappa shape index (κ3) is 4.24. The van der Waals surface area contributed by atoms with E-state index >= 15 is 0 Å². The van der Waals surface area contributed by atoms with Crippen molar-refractivity contribution in [1.29, 1.82) is 0 Å². The van der Waals surface area contributed by atoms with Crippen LogP contribution in [0.4, 0.5) is 4.79 Å². The van der Waals surface area contributed by atoms with Crippen LogP contribution in [-0.4, -0.2) is 24.0 Å². The second-order valence-corrected chi connectivity index (χ2v) is 8.02. The zero-order valence-electron chi connectivity index (χ0n) is 14.2. The van der Waals surface area contributed by atoms with Crippen LogP contribution in [0, 0.1) is 22.7 Å². The molecule has 0 aromatic carbocycles. The molecule has 0 atom stereocenters. The fraction of sp³-hybridized carbons (Fsp3) is 0.882. The SMILES string of the molecule is O=NNC(=O)CCCCCNC(=O)NC12CC3CC(CC(C3)C1)C2. The van der Waals surface area contributed by atoms with Gasteiger partial charge in [0.1, 0.15) is 0 Å². The van der Waals surface area contributed by atoms with Gasteiger partial charge in [0.15, 0.2) is 0 Å². The normalized spacial score (nSPS) is 33.1. The number of urea groups is 1. The lowest BCUT2D eigenvalue weighted by molar-refractivity contribution is -0.121. The second kappa shape index (κ2) is 7.49. The number of nitrogens with zero attached hydrogens (tertiary/aromatic N) is 1. The van der Waals surface area contributed by atoms with Crippen LogP contribution in [0.5, 0.6) is 0 Å². The summed E-state index contributed by atoms with van der Waals surface area (Å²) in [5, 5.41) is 8.59. The molecule has 4 saturated carbocycles. The minimum atomic E-state index is -0.350. The minimum absolute atomic E-state index is 0.0418. The number of carbonyl (C=O) groups excluding carboxylic acids is 2. The maximum absolute atomic E-state index is 12.2. The Hall–Kier alpha value is -1.66. The number of amides is 3. The molecule has 0 aliphatic heterocycles. The van der Waals surface area contributed by atoms with Crippen LogP contribution in [-0.2, 0) is 4.79 Å². The summed E-state index contributed by atoms with van der Waals surface area (Å²) < 4.78 is 0. The van der Waals surface area contributed by atoms with Crippen LogP contribution < -0.4 is 16.1 Å². The lowest BCUT2D eigenvalue weighted by atomic mass is 9.53. The van der Waals surface area contributed by atoms with Crippen molar-refractivity contribution in [1.82, 2.24) is 16.1 Å². The van der Waals surface area contributed by atoms with Gasteiger partial charge in [-0.2, -0.15) is 0 Å². The predicted octanol–water partition coefficient (Wildman–Crippen LogP) is 2.61. The molecule has 24 heavy (non-hydrogen) atoms. The standard InChI is InChI=1S/C17H28N4O3/c22-15(20-21-24)4-2-1-3-5-18-16(23)19-17-9-12-6-13(10-17)8-14(7-12)11-17/h12-14H,1-11H2,(H2,18,19,23)(H,20,22,24). The molecule has 0 heterocycles. The molecule has 134 valence electrons. The lowest BCUT2D eigenvalue weighted by Crippen LogP contribution is -2.61. The number of nitrogens with one attached hydrogen (secondary N) is 3. The first-order chi connectivity index (χ1) is 11.6. The molecule has 4 aliphatic rings. The van der Waals surface area contributed by atoms with Crippen LogP contribution >= 0.6 is 0 Å². The molecule has 0 saturated heterocycles. The van der Waals surface area contributed by atoms with Crippen molar-refractivity contribution in [2.75, 3.05) is 6.54 Å². The van der Waals surface area contributed by atoms with Gasteiger partial charge in [0.2, 0.25) is 5.91 Å². The van der Waals surface area contributed by atoms with E-state index < -0.39 is 0 Å². The fourth-order valence-corrected chi connectivity index (χ4v) is 5.44. The first kappa shape index (κ1) is 17.2.